The maximum absolute atomic E-state index is 11.4. The van der Waals surface area contributed by atoms with Crippen molar-refractivity contribution in [2.75, 3.05) is 6.61 Å². The molecule has 0 saturated carbocycles. The third-order valence-electron chi connectivity index (χ3n) is 3.09. The molecule has 0 fully saturated rings. The van der Waals surface area contributed by atoms with Crippen LogP contribution in [0.25, 0.3) is 0 Å². The molecule has 106 valence electrons. The number of aliphatic hydroxyl groups excluding tert-OH is 1. The van der Waals surface area contributed by atoms with Gasteiger partial charge in [0.1, 0.15) is 5.82 Å². The number of carbonyl (C=O) groups is 1. The third kappa shape index (κ3) is 3.24. The second-order valence-electron chi connectivity index (χ2n) is 4.53. The Balaban J connectivity index is 2.06. The lowest BCUT2D eigenvalue weighted by Gasteiger charge is -2.10. The summed E-state index contributed by atoms with van der Waals surface area (Å²) >= 11 is 0. The molecule has 2 rings (SSSR count). The lowest BCUT2D eigenvalue weighted by Crippen LogP contribution is -2.15. The molecule has 0 saturated heterocycles. The minimum Gasteiger partial charge on any atom is -0.464 e. The van der Waals surface area contributed by atoms with Gasteiger partial charge in [-0.05, 0) is 18.1 Å². The van der Waals surface area contributed by atoms with E-state index in [1.54, 1.807) is 25.3 Å². The fourth-order valence-corrected chi connectivity index (χ4v) is 1.92. The first-order chi connectivity index (χ1) is 9.61. The number of aromatic nitrogens is 2. The summed E-state index contributed by atoms with van der Waals surface area (Å²) in [6, 6.07) is 7.23. The van der Waals surface area contributed by atoms with Gasteiger partial charge in [-0.3, -0.25) is 0 Å². The molecular weight excluding hydrogens is 256 g/mol. The highest BCUT2D eigenvalue weighted by Crippen LogP contribution is 2.16. The summed E-state index contributed by atoms with van der Waals surface area (Å²) < 4.78 is 6.75. The molecule has 1 atom stereocenters. The van der Waals surface area contributed by atoms with Crippen molar-refractivity contribution in [2.24, 2.45) is 7.05 Å². The Bertz CT molecular complexity index is 575. The molecule has 5 heteroatoms. The van der Waals surface area contributed by atoms with Crippen molar-refractivity contribution in [3.8, 4) is 0 Å². The van der Waals surface area contributed by atoms with Crippen molar-refractivity contribution in [3.05, 3.63) is 53.6 Å². The predicted molar refractivity (Wildman–Crippen MR) is 74.0 cm³/mol. The Morgan fingerprint density at radius 2 is 2.10 bits per heavy atom. The van der Waals surface area contributed by atoms with Crippen molar-refractivity contribution < 1.29 is 14.6 Å². The fourth-order valence-electron chi connectivity index (χ4n) is 1.92. The van der Waals surface area contributed by atoms with Crippen LogP contribution in [-0.2, 0) is 23.0 Å². The monoisotopic (exact) mass is 274 g/mol. The van der Waals surface area contributed by atoms with E-state index in [0.29, 0.717) is 12.0 Å². The summed E-state index contributed by atoms with van der Waals surface area (Å²) in [6.07, 6.45) is 3.14. The first-order valence-electron chi connectivity index (χ1n) is 6.51. The number of nitrogens with zero attached hydrogens (tertiary/aromatic N) is 2. The average Bonchev–Trinajstić information content (AvgIpc) is 2.85. The predicted octanol–water partition coefficient (Wildman–Crippen LogP) is 1.61. The van der Waals surface area contributed by atoms with Crippen LogP contribution in [0.4, 0.5) is 0 Å². The molecule has 0 spiro atoms. The van der Waals surface area contributed by atoms with Crippen molar-refractivity contribution in [1.29, 1.82) is 0 Å². The van der Waals surface area contributed by atoms with Gasteiger partial charge in [0.15, 0.2) is 6.10 Å². The van der Waals surface area contributed by atoms with Gasteiger partial charge < -0.3 is 14.4 Å². The van der Waals surface area contributed by atoms with Gasteiger partial charge in [-0.25, -0.2) is 9.78 Å². The zero-order chi connectivity index (χ0) is 14.5. The van der Waals surface area contributed by atoms with Crippen LogP contribution >= 0.6 is 0 Å². The van der Waals surface area contributed by atoms with Gasteiger partial charge in [-0.1, -0.05) is 24.3 Å². The number of aryl methyl sites for hydroxylation is 1. The Kier molecular flexibility index (Phi) is 4.53. The van der Waals surface area contributed by atoms with Crippen molar-refractivity contribution in [2.45, 2.75) is 19.4 Å². The van der Waals surface area contributed by atoms with E-state index in [-0.39, 0.29) is 6.61 Å². The van der Waals surface area contributed by atoms with Crippen LogP contribution in [0.3, 0.4) is 0 Å². The maximum Gasteiger partial charge on any atom is 0.339 e. The smallest absolute Gasteiger partial charge is 0.339 e. The number of hydrogen-bond donors (Lipinski definition) is 1. The molecule has 0 radical (unpaired) electrons. The molecule has 1 unspecified atom stereocenters. The number of ether oxygens (including phenoxy) is 1. The van der Waals surface area contributed by atoms with E-state index < -0.39 is 12.1 Å². The number of imidazole rings is 1. The van der Waals surface area contributed by atoms with E-state index in [1.807, 2.05) is 29.9 Å². The van der Waals surface area contributed by atoms with Gasteiger partial charge in [0.25, 0.3) is 0 Å². The second kappa shape index (κ2) is 6.34. The van der Waals surface area contributed by atoms with Gasteiger partial charge in [0.05, 0.1) is 6.61 Å². The van der Waals surface area contributed by atoms with E-state index in [2.05, 4.69) is 4.98 Å². The van der Waals surface area contributed by atoms with E-state index >= 15 is 0 Å². The molecule has 2 aromatic rings. The third-order valence-corrected chi connectivity index (χ3v) is 3.09. The van der Waals surface area contributed by atoms with Gasteiger partial charge in [0, 0.05) is 25.9 Å². The minimum atomic E-state index is -1.22. The number of carbonyl (C=O) groups excluding carboxylic acids is 1. The molecule has 20 heavy (non-hydrogen) atoms. The molecule has 1 aromatic carbocycles. The molecule has 1 heterocycles. The molecule has 0 bridgehead atoms. The summed E-state index contributed by atoms with van der Waals surface area (Å²) in [6.45, 7) is 1.97. The molecule has 1 aromatic heterocycles. The van der Waals surface area contributed by atoms with Gasteiger partial charge in [-0.2, -0.15) is 0 Å². The highest BCUT2D eigenvalue weighted by Gasteiger charge is 2.18. The Labute approximate surface area is 117 Å². The molecule has 0 aliphatic carbocycles. The van der Waals surface area contributed by atoms with Crippen LogP contribution in [-0.4, -0.2) is 27.2 Å². The molecule has 5 nitrogen and oxygen atoms in total. The number of esters is 1. The SMILES string of the molecule is CCOC(=O)C(O)c1ccc(Cc2nccn2C)cc1. The van der Waals surface area contributed by atoms with Crippen LogP contribution in [0.5, 0.6) is 0 Å². The number of hydrogen-bond acceptors (Lipinski definition) is 4. The van der Waals surface area contributed by atoms with E-state index in [0.717, 1.165) is 11.4 Å². The summed E-state index contributed by atoms with van der Waals surface area (Å²) in [5.74, 6) is 0.341. The number of rotatable bonds is 5. The van der Waals surface area contributed by atoms with Crippen molar-refractivity contribution in [1.82, 2.24) is 9.55 Å². The molecular formula is C15H18N2O3. The fraction of sp³-hybridized carbons (Fsp3) is 0.333. The van der Waals surface area contributed by atoms with E-state index in [9.17, 15) is 9.90 Å². The number of aliphatic hydroxyl groups is 1. The van der Waals surface area contributed by atoms with Crippen LogP contribution in [0.1, 0.15) is 30.0 Å². The van der Waals surface area contributed by atoms with Crippen molar-refractivity contribution >= 4 is 5.97 Å². The largest absolute Gasteiger partial charge is 0.464 e. The normalized spacial score (nSPS) is 12.2. The highest BCUT2D eigenvalue weighted by atomic mass is 16.5. The topological polar surface area (TPSA) is 64.3 Å². The van der Waals surface area contributed by atoms with E-state index in [1.165, 1.54) is 0 Å². The lowest BCUT2D eigenvalue weighted by atomic mass is 10.1. The molecule has 1 N–H and O–H groups in total. The summed E-state index contributed by atoms with van der Waals surface area (Å²) in [7, 11) is 1.95. The van der Waals surface area contributed by atoms with E-state index in [4.69, 9.17) is 4.74 Å². The Morgan fingerprint density at radius 1 is 1.40 bits per heavy atom. The first kappa shape index (κ1) is 14.3. The van der Waals surface area contributed by atoms with Crippen LogP contribution < -0.4 is 0 Å². The van der Waals surface area contributed by atoms with Gasteiger partial charge in [-0.15, -0.1) is 0 Å². The summed E-state index contributed by atoms with van der Waals surface area (Å²) in [5.41, 5.74) is 1.60. The minimum absolute atomic E-state index is 0.257. The maximum atomic E-state index is 11.4. The molecule has 0 aliphatic heterocycles. The Hall–Kier alpha value is -2.14. The summed E-state index contributed by atoms with van der Waals surface area (Å²) in [4.78, 5) is 15.7. The van der Waals surface area contributed by atoms with Crippen LogP contribution in [0.2, 0.25) is 0 Å². The average molecular weight is 274 g/mol. The Morgan fingerprint density at radius 3 is 2.65 bits per heavy atom. The lowest BCUT2D eigenvalue weighted by molar-refractivity contribution is -0.153. The van der Waals surface area contributed by atoms with Crippen molar-refractivity contribution in [3.63, 3.8) is 0 Å². The zero-order valence-corrected chi connectivity index (χ0v) is 11.6. The standard InChI is InChI=1S/C15H18N2O3/c1-3-20-15(19)14(18)12-6-4-11(5-7-12)10-13-16-8-9-17(13)2/h4-9,14,18H,3,10H2,1-2H3. The molecule has 0 amide bonds. The quantitative estimate of drug-likeness (QED) is 0.841. The highest BCUT2D eigenvalue weighted by molar-refractivity contribution is 5.76. The van der Waals surface area contributed by atoms with Crippen LogP contribution in [0, 0.1) is 0 Å². The zero-order valence-electron chi connectivity index (χ0n) is 11.6. The second-order valence-corrected chi connectivity index (χ2v) is 4.53. The first-order valence-corrected chi connectivity index (χ1v) is 6.51. The van der Waals surface area contributed by atoms with Gasteiger partial charge >= 0.3 is 5.97 Å². The van der Waals surface area contributed by atoms with Crippen LogP contribution in [0.15, 0.2) is 36.7 Å². The molecule has 0 aliphatic rings. The summed E-state index contributed by atoms with van der Waals surface area (Å²) in [5, 5.41) is 9.82. The van der Waals surface area contributed by atoms with Gasteiger partial charge in [0.2, 0.25) is 0 Å². The number of benzene rings is 1.